The van der Waals surface area contributed by atoms with Crippen LogP contribution in [0.25, 0.3) is 22.1 Å². The van der Waals surface area contributed by atoms with Gasteiger partial charge in [0.25, 0.3) is 0 Å². The van der Waals surface area contributed by atoms with Gasteiger partial charge in [0.1, 0.15) is 17.1 Å². The summed E-state index contributed by atoms with van der Waals surface area (Å²) in [5, 5.41) is 1.09. The third kappa shape index (κ3) is 7.26. The molecule has 180 valence electrons. The Morgan fingerprint density at radius 2 is 1.48 bits per heavy atom. The van der Waals surface area contributed by atoms with Crippen molar-refractivity contribution in [2.45, 2.75) is 72.1 Å². The minimum atomic E-state index is 0.751. The second-order valence-corrected chi connectivity index (χ2v) is 9.03. The second-order valence-electron chi connectivity index (χ2n) is 9.03. The molecule has 33 heavy (non-hydrogen) atoms. The maximum atomic E-state index is 6.21. The molecule has 1 aromatic heterocycles. The maximum absolute atomic E-state index is 6.21. The Kier molecular flexibility index (Phi) is 10.1. The Bertz CT molecular complexity index is 954. The first kappa shape index (κ1) is 25.2. The van der Waals surface area contributed by atoms with E-state index in [1.165, 1.54) is 44.3 Å². The lowest BCUT2D eigenvalue weighted by Gasteiger charge is -2.21. The highest BCUT2D eigenvalue weighted by Crippen LogP contribution is 2.37. The first-order valence-electron chi connectivity index (χ1n) is 12.9. The quantitative estimate of drug-likeness (QED) is 0.190. The van der Waals surface area contributed by atoms with Crippen LogP contribution in [0.4, 0.5) is 5.69 Å². The summed E-state index contributed by atoms with van der Waals surface area (Å²) in [5.74, 6) is 1.97. The maximum Gasteiger partial charge on any atom is 0.135 e. The van der Waals surface area contributed by atoms with Gasteiger partial charge in [0, 0.05) is 29.6 Å². The molecule has 0 saturated heterocycles. The monoisotopic (exact) mass is 450 g/mol. The number of aryl methyl sites for hydroxylation is 1. The van der Waals surface area contributed by atoms with Gasteiger partial charge in [-0.15, -0.1) is 0 Å². The molecule has 0 aliphatic heterocycles. The predicted molar refractivity (Wildman–Crippen MR) is 141 cm³/mol. The third-order valence-corrected chi connectivity index (χ3v) is 6.23. The molecule has 0 radical (unpaired) electrons. The molecule has 0 aliphatic carbocycles. The van der Waals surface area contributed by atoms with Gasteiger partial charge < -0.3 is 19.8 Å². The second kappa shape index (κ2) is 13.3. The number of benzene rings is 2. The van der Waals surface area contributed by atoms with Crippen molar-refractivity contribution in [3.8, 4) is 16.9 Å². The summed E-state index contributed by atoms with van der Waals surface area (Å²) in [6.45, 7) is 11.0. The molecule has 3 aromatic rings. The average Bonchev–Trinajstić information content (AvgIpc) is 3.19. The topological polar surface area (TPSA) is 51.6 Å². The van der Waals surface area contributed by atoms with Gasteiger partial charge in [-0.2, -0.15) is 0 Å². The smallest absolute Gasteiger partial charge is 0.135 e. The van der Waals surface area contributed by atoms with E-state index < -0.39 is 0 Å². The lowest BCUT2D eigenvalue weighted by molar-refractivity contribution is 0.229. The van der Waals surface area contributed by atoms with E-state index in [-0.39, 0.29) is 0 Å². The van der Waals surface area contributed by atoms with Gasteiger partial charge >= 0.3 is 0 Å². The molecule has 4 heteroatoms. The zero-order chi connectivity index (χ0) is 23.5. The molecule has 0 spiro atoms. The third-order valence-electron chi connectivity index (χ3n) is 6.23. The number of ether oxygens (including phenoxy) is 1. The number of hydrogen-bond donors (Lipinski definition) is 1. The number of furan rings is 1. The highest BCUT2D eigenvalue weighted by molar-refractivity contribution is 5.97. The largest absolute Gasteiger partial charge is 0.494 e. The Morgan fingerprint density at radius 1 is 0.818 bits per heavy atom. The van der Waals surface area contributed by atoms with E-state index in [9.17, 15) is 0 Å². The molecule has 0 bridgehead atoms. The Hall–Kier alpha value is -2.46. The van der Waals surface area contributed by atoms with E-state index in [1.54, 1.807) is 0 Å². The van der Waals surface area contributed by atoms with Crippen molar-refractivity contribution < 1.29 is 9.15 Å². The molecule has 3 rings (SSSR count). The zero-order valence-electron chi connectivity index (χ0n) is 20.9. The van der Waals surface area contributed by atoms with Crippen molar-refractivity contribution in [3.05, 3.63) is 48.2 Å². The molecule has 1 heterocycles. The fourth-order valence-corrected chi connectivity index (χ4v) is 4.29. The van der Waals surface area contributed by atoms with E-state index >= 15 is 0 Å². The molecular weight excluding hydrogens is 408 g/mol. The van der Waals surface area contributed by atoms with Gasteiger partial charge in [0.15, 0.2) is 0 Å². The Labute approximate surface area is 200 Å². The van der Waals surface area contributed by atoms with Crippen LogP contribution in [0, 0.1) is 0 Å². The fourth-order valence-electron chi connectivity index (χ4n) is 4.29. The van der Waals surface area contributed by atoms with Gasteiger partial charge in [-0.3, -0.25) is 0 Å². The summed E-state index contributed by atoms with van der Waals surface area (Å²) >= 11 is 0. The number of fused-ring (bicyclic) bond motifs is 1. The van der Waals surface area contributed by atoms with E-state index in [4.69, 9.17) is 14.9 Å². The zero-order valence-corrected chi connectivity index (χ0v) is 20.9. The van der Waals surface area contributed by atoms with Crippen molar-refractivity contribution in [2.75, 3.05) is 32.0 Å². The van der Waals surface area contributed by atoms with Gasteiger partial charge in [0.2, 0.25) is 0 Å². The van der Waals surface area contributed by atoms with Crippen molar-refractivity contribution in [1.82, 2.24) is 4.90 Å². The van der Waals surface area contributed by atoms with Gasteiger partial charge in [-0.05, 0) is 74.7 Å². The molecule has 2 aromatic carbocycles. The molecule has 4 nitrogen and oxygen atoms in total. The first-order valence-corrected chi connectivity index (χ1v) is 12.9. The minimum Gasteiger partial charge on any atom is -0.494 e. The van der Waals surface area contributed by atoms with Crippen LogP contribution in [-0.4, -0.2) is 31.1 Å². The predicted octanol–water partition coefficient (Wildman–Crippen LogP) is 7.70. The summed E-state index contributed by atoms with van der Waals surface area (Å²) in [4.78, 5) is 2.59. The molecule has 0 fully saturated rings. The van der Waals surface area contributed by atoms with Gasteiger partial charge in [0.05, 0.1) is 6.61 Å². The van der Waals surface area contributed by atoms with Crippen LogP contribution in [0.1, 0.15) is 71.5 Å². The van der Waals surface area contributed by atoms with Crippen LogP contribution in [0.2, 0.25) is 0 Å². The van der Waals surface area contributed by atoms with E-state index in [2.05, 4.69) is 49.9 Å². The summed E-state index contributed by atoms with van der Waals surface area (Å²) in [6.07, 6.45) is 9.31. The van der Waals surface area contributed by atoms with Crippen LogP contribution >= 0.6 is 0 Å². The number of unbranched alkanes of at least 4 members (excludes halogenated alkanes) is 3. The Balaban J connectivity index is 1.63. The highest BCUT2D eigenvalue weighted by Gasteiger charge is 2.16. The molecule has 2 N–H and O–H groups in total. The van der Waals surface area contributed by atoms with Crippen molar-refractivity contribution in [1.29, 1.82) is 0 Å². The van der Waals surface area contributed by atoms with Crippen LogP contribution in [-0.2, 0) is 6.42 Å². The average molecular weight is 451 g/mol. The van der Waals surface area contributed by atoms with E-state index in [0.29, 0.717) is 0 Å². The molecule has 0 amide bonds. The number of nitrogens with two attached hydrogens (primary N) is 1. The highest BCUT2D eigenvalue weighted by atomic mass is 16.5. The summed E-state index contributed by atoms with van der Waals surface area (Å²) in [6, 6.07) is 14.4. The fraction of sp³-hybridized carbons (Fsp3) is 0.517. The van der Waals surface area contributed by atoms with Gasteiger partial charge in [-0.25, -0.2) is 0 Å². The Morgan fingerprint density at radius 3 is 2.15 bits per heavy atom. The lowest BCUT2D eigenvalue weighted by Crippen LogP contribution is -2.28. The van der Waals surface area contributed by atoms with Crippen LogP contribution in [0.15, 0.2) is 46.9 Å². The summed E-state index contributed by atoms with van der Waals surface area (Å²) < 4.78 is 12.3. The van der Waals surface area contributed by atoms with Crippen LogP contribution in [0.3, 0.4) is 0 Å². The van der Waals surface area contributed by atoms with Crippen molar-refractivity contribution >= 4 is 16.7 Å². The number of hydrogen-bond acceptors (Lipinski definition) is 4. The molecule has 0 aliphatic rings. The summed E-state index contributed by atoms with van der Waals surface area (Å²) in [5.41, 5.74) is 10.1. The number of anilines is 1. The van der Waals surface area contributed by atoms with Gasteiger partial charge in [-0.1, -0.05) is 52.2 Å². The van der Waals surface area contributed by atoms with Crippen molar-refractivity contribution in [3.63, 3.8) is 0 Å². The molecule has 0 unspecified atom stereocenters. The molecule has 0 saturated carbocycles. The number of rotatable bonds is 15. The summed E-state index contributed by atoms with van der Waals surface area (Å²) in [7, 11) is 0. The number of nitrogen functional groups attached to an aromatic ring is 1. The number of nitrogens with zero attached hydrogens (tertiary/aromatic N) is 1. The minimum absolute atomic E-state index is 0.751. The normalized spacial score (nSPS) is 11.5. The molecule has 0 atom stereocenters. The van der Waals surface area contributed by atoms with Crippen LogP contribution < -0.4 is 10.5 Å². The van der Waals surface area contributed by atoms with E-state index in [0.717, 1.165) is 72.6 Å². The standard InChI is InChI=1S/C29H42N2O2/c1-4-7-11-28-29(26-22-24(30)14-17-27(26)33-28)23-12-15-25(16-13-23)32-21-10-20-31(18-8-5-2)19-9-6-3/h12-17,22H,4-11,18-21,30H2,1-3H3. The van der Waals surface area contributed by atoms with Crippen LogP contribution in [0.5, 0.6) is 5.75 Å². The molecular formula is C29H42N2O2. The van der Waals surface area contributed by atoms with Crippen molar-refractivity contribution in [2.24, 2.45) is 0 Å². The SMILES string of the molecule is CCCCc1oc2ccc(N)cc2c1-c1ccc(OCCCN(CCCC)CCCC)cc1. The first-order chi connectivity index (χ1) is 16.2. The van der Waals surface area contributed by atoms with E-state index in [1.807, 2.05) is 18.2 Å². The lowest BCUT2D eigenvalue weighted by atomic mass is 9.99.